The molecule has 178 valence electrons. The number of rotatable bonds is 4. The van der Waals surface area contributed by atoms with Crippen LogP contribution >= 0.6 is 0 Å². The first kappa shape index (κ1) is 24.5. The van der Waals surface area contributed by atoms with Crippen LogP contribution in [0.1, 0.15) is 58.0 Å². The third kappa shape index (κ3) is 7.73. The van der Waals surface area contributed by atoms with E-state index in [0.29, 0.717) is 42.8 Å². The van der Waals surface area contributed by atoms with E-state index >= 15 is 0 Å². The van der Waals surface area contributed by atoms with E-state index in [1.54, 1.807) is 25.4 Å². The molecule has 0 unspecified atom stereocenters. The molecule has 0 radical (unpaired) electrons. The van der Waals surface area contributed by atoms with Gasteiger partial charge in [0.15, 0.2) is 12.8 Å². The zero-order chi connectivity index (χ0) is 23.6. The summed E-state index contributed by atoms with van der Waals surface area (Å²) in [4.78, 5) is 33.1. The normalized spacial score (nSPS) is 25.8. The monoisotopic (exact) mass is 456 g/mol. The molecular formula is C25H32N2O6. The van der Waals surface area contributed by atoms with Gasteiger partial charge >= 0.3 is 11.9 Å². The summed E-state index contributed by atoms with van der Waals surface area (Å²) in [6.45, 7) is 5.82. The lowest BCUT2D eigenvalue weighted by Crippen LogP contribution is -2.28. The van der Waals surface area contributed by atoms with Gasteiger partial charge in [-0.05, 0) is 44.4 Å². The molecule has 4 atom stereocenters. The molecule has 0 amide bonds. The zero-order valence-corrected chi connectivity index (χ0v) is 19.4. The van der Waals surface area contributed by atoms with Crippen LogP contribution < -0.4 is 0 Å². The lowest BCUT2D eigenvalue weighted by atomic mass is 9.94. The molecule has 1 aliphatic rings. The highest BCUT2D eigenvalue weighted by Crippen LogP contribution is 2.23. The Morgan fingerprint density at radius 1 is 0.879 bits per heavy atom. The lowest BCUT2D eigenvalue weighted by molar-refractivity contribution is -0.147. The van der Waals surface area contributed by atoms with E-state index in [-0.39, 0.29) is 36.0 Å². The van der Waals surface area contributed by atoms with Gasteiger partial charge in [-0.15, -0.1) is 0 Å². The topological polar surface area (TPSA) is 105 Å². The second-order valence-electron chi connectivity index (χ2n) is 8.66. The van der Waals surface area contributed by atoms with E-state index in [9.17, 15) is 9.59 Å². The van der Waals surface area contributed by atoms with Crippen molar-refractivity contribution in [2.45, 2.75) is 71.5 Å². The number of carbonyl (C=O) groups excluding carboxylic acids is 2. The van der Waals surface area contributed by atoms with E-state index < -0.39 is 0 Å². The van der Waals surface area contributed by atoms with Crippen molar-refractivity contribution in [1.29, 1.82) is 0 Å². The Balaban J connectivity index is 1.73. The summed E-state index contributed by atoms with van der Waals surface area (Å²) in [7, 11) is 0. The summed E-state index contributed by atoms with van der Waals surface area (Å²) >= 11 is 0. The van der Waals surface area contributed by atoms with Crippen LogP contribution in [0.2, 0.25) is 0 Å². The van der Waals surface area contributed by atoms with Crippen LogP contribution in [0.25, 0.3) is 0 Å². The number of oxazole rings is 2. The van der Waals surface area contributed by atoms with E-state index in [0.717, 1.165) is 12.8 Å². The Hall–Kier alpha value is -3.16. The largest absolute Gasteiger partial charge is 0.458 e. The van der Waals surface area contributed by atoms with Gasteiger partial charge in [-0.25, -0.2) is 19.6 Å². The summed E-state index contributed by atoms with van der Waals surface area (Å²) < 4.78 is 22.3. The highest BCUT2D eigenvalue weighted by Gasteiger charge is 2.25. The van der Waals surface area contributed by atoms with Crippen LogP contribution in [-0.2, 0) is 31.9 Å². The summed E-state index contributed by atoms with van der Waals surface area (Å²) in [6.07, 6.45) is 14.1. The molecule has 0 spiro atoms. The van der Waals surface area contributed by atoms with Gasteiger partial charge < -0.3 is 18.3 Å². The molecular weight excluding hydrogens is 424 g/mol. The second-order valence-corrected chi connectivity index (χ2v) is 8.66. The molecule has 2 aromatic heterocycles. The predicted molar refractivity (Wildman–Crippen MR) is 120 cm³/mol. The minimum Gasteiger partial charge on any atom is -0.458 e. The fraction of sp³-hybridized carbons (Fsp3) is 0.520. The molecule has 0 N–H and O–H groups in total. The van der Waals surface area contributed by atoms with Gasteiger partial charge in [0.2, 0.25) is 0 Å². The van der Waals surface area contributed by atoms with Crippen LogP contribution in [0.15, 0.2) is 57.8 Å². The maximum Gasteiger partial charge on any atom is 0.333 e. The number of cyclic esters (lactones) is 2. The Morgan fingerprint density at radius 3 is 2.03 bits per heavy atom. The van der Waals surface area contributed by atoms with Gasteiger partial charge in [0.1, 0.15) is 23.7 Å². The van der Waals surface area contributed by atoms with E-state index in [1.807, 2.05) is 19.9 Å². The van der Waals surface area contributed by atoms with Crippen molar-refractivity contribution < 1.29 is 27.9 Å². The van der Waals surface area contributed by atoms with Crippen LogP contribution in [-0.4, -0.2) is 34.1 Å². The average molecular weight is 457 g/mol. The highest BCUT2D eigenvalue weighted by molar-refractivity contribution is 5.87. The number of allylic oxidation sites excluding steroid dienone is 2. The molecule has 0 aliphatic carbocycles. The minimum atomic E-state index is -0.373. The van der Waals surface area contributed by atoms with Crippen LogP contribution in [0.4, 0.5) is 0 Å². The number of nitrogens with zero attached hydrogens (tertiary/aromatic N) is 2. The first-order chi connectivity index (χ1) is 15.9. The Labute approximate surface area is 194 Å². The second kappa shape index (κ2) is 12.2. The fourth-order valence-electron chi connectivity index (χ4n) is 3.78. The van der Waals surface area contributed by atoms with Crippen molar-refractivity contribution in [1.82, 2.24) is 9.97 Å². The Kier molecular flexibility index (Phi) is 9.04. The van der Waals surface area contributed by atoms with Crippen molar-refractivity contribution in [3.63, 3.8) is 0 Å². The molecule has 1 aliphatic heterocycles. The predicted octanol–water partition coefficient (Wildman–Crippen LogP) is 4.62. The number of esters is 2. The highest BCUT2D eigenvalue weighted by atomic mass is 16.5. The molecule has 2 aromatic rings. The Morgan fingerprint density at radius 2 is 1.45 bits per heavy atom. The van der Waals surface area contributed by atoms with Crippen LogP contribution in [0.5, 0.6) is 0 Å². The van der Waals surface area contributed by atoms with Crippen molar-refractivity contribution in [2.24, 2.45) is 11.8 Å². The van der Waals surface area contributed by atoms with Crippen molar-refractivity contribution in [2.75, 3.05) is 0 Å². The molecule has 0 aromatic carbocycles. The third-order valence-corrected chi connectivity index (χ3v) is 6.00. The summed E-state index contributed by atoms with van der Waals surface area (Å²) in [5.74, 6) is 0.745. The third-order valence-electron chi connectivity index (χ3n) is 6.00. The van der Waals surface area contributed by atoms with Gasteiger partial charge in [-0.2, -0.15) is 0 Å². The van der Waals surface area contributed by atoms with Gasteiger partial charge in [-0.3, -0.25) is 0 Å². The smallest absolute Gasteiger partial charge is 0.333 e. The van der Waals surface area contributed by atoms with E-state index in [4.69, 9.17) is 18.3 Å². The lowest BCUT2D eigenvalue weighted by Gasteiger charge is -2.24. The first-order valence-corrected chi connectivity index (χ1v) is 11.4. The molecule has 0 saturated heterocycles. The van der Waals surface area contributed by atoms with Gasteiger partial charge in [0.25, 0.3) is 0 Å². The number of carbonyl (C=O) groups is 2. The van der Waals surface area contributed by atoms with Crippen LogP contribution in [0, 0.1) is 11.8 Å². The standard InChI is InChI=1S/C25H32N2O6/c1-17-7-4-5-10-24(28)32-22(11-20-13-26-15-30-20)18(2)8-6-9-19(3)25(29)33-23(17)12-21-14-27-16-31-21/h5,9-10,13-18,22-23H,4,6-8,11-12H2,1-3H3/t17-,18-,22-,23-/m0/s1. The number of hydrogen-bond acceptors (Lipinski definition) is 8. The number of hydrogen-bond donors (Lipinski definition) is 0. The molecule has 3 heterocycles. The van der Waals surface area contributed by atoms with Crippen molar-refractivity contribution >= 4 is 11.9 Å². The summed E-state index contributed by atoms with van der Waals surface area (Å²) in [6, 6.07) is 0. The quantitative estimate of drug-likeness (QED) is 0.614. The molecule has 3 rings (SSSR count). The molecule has 0 saturated carbocycles. The minimum absolute atomic E-state index is 0.0552. The maximum absolute atomic E-state index is 12.8. The number of aromatic nitrogens is 2. The first-order valence-electron chi connectivity index (χ1n) is 11.4. The molecule has 8 heteroatoms. The molecule has 33 heavy (non-hydrogen) atoms. The van der Waals surface area contributed by atoms with Gasteiger partial charge in [0, 0.05) is 24.5 Å². The molecule has 8 nitrogen and oxygen atoms in total. The van der Waals surface area contributed by atoms with Crippen molar-refractivity contribution in [3.05, 3.63) is 60.5 Å². The zero-order valence-electron chi connectivity index (χ0n) is 19.4. The van der Waals surface area contributed by atoms with Gasteiger partial charge in [-0.1, -0.05) is 26.0 Å². The van der Waals surface area contributed by atoms with Gasteiger partial charge in [0.05, 0.1) is 12.4 Å². The average Bonchev–Trinajstić information content (AvgIpc) is 3.49. The van der Waals surface area contributed by atoms with Crippen LogP contribution in [0.3, 0.4) is 0 Å². The van der Waals surface area contributed by atoms with E-state index in [1.165, 1.54) is 18.9 Å². The summed E-state index contributed by atoms with van der Waals surface area (Å²) in [5, 5.41) is 0. The fourth-order valence-corrected chi connectivity index (χ4v) is 3.78. The molecule has 0 bridgehead atoms. The number of ether oxygens (including phenoxy) is 2. The Bertz CT molecular complexity index is 932. The SMILES string of the molecule is CC1=CCC[C@H](C)[C@H](Cc2cnco2)OC(=O)C=CCC[C@H](C)[C@H](Cc2cnco2)OC1=O. The summed E-state index contributed by atoms with van der Waals surface area (Å²) in [5.41, 5.74) is 0.563. The van der Waals surface area contributed by atoms with Crippen molar-refractivity contribution in [3.8, 4) is 0 Å². The molecule has 0 fully saturated rings. The van der Waals surface area contributed by atoms with E-state index in [2.05, 4.69) is 9.97 Å². The maximum atomic E-state index is 12.8.